The molecule has 0 fully saturated rings. The predicted octanol–water partition coefficient (Wildman–Crippen LogP) is 4.40. The summed E-state index contributed by atoms with van der Waals surface area (Å²) in [5.41, 5.74) is 0. The maximum absolute atomic E-state index is 11.9. The molecular weight excluding hydrogens is 306 g/mol. The van der Waals surface area contributed by atoms with Crippen molar-refractivity contribution in [2.45, 2.75) is 103 Å². The molecular formula is C17H35CaNO3. The third-order valence-corrected chi connectivity index (χ3v) is 3.98. The zero-order valence-corrected chi connectivity index (χ0v) is 13.9. The molecule has 4 nitrogen and oxygen atoms in total. The van der Waals surface area contributed by atoms with E-state index in [0.29, 0.717) is 12.8 Å². The van der Waals surface area contributed by atoms with E-state index in [1.165, 1.54) is 25.7 Å². The molecule has 0 aromatic rings. The molecule has 0 aliphatic rings. The second-order valence-electron chi connectivity index (χ2n) is 5.99. The summed E-state index contributed by atoms with van der Waals surface area (Å²) in [6.07, 6.45) is 12.7. The van der Waals surface area contributed by atoms with Gasteiger partial charge in [0.05, 0.1) is 0 Å². The molecule has 0 radical (unpaired) electrons. The fraction of sp³-hybridized carbons (Fsp3) is 0.941. The van der Waals surface area contributed by atoms with Gasteiger partial charge in [0, 0.05) is 17.8 Å². The van der Waals surface area contributed by atoms with Crippen molar-refractivity contribution in [3.8, 4) is 0 Å². The molecule has 0 bridgehead atoms. The number of nitrogens with zero attached hydrogens (tertiary/aromatic N) is 1. The zero-order valence-electron chi connectivity index (χ0n) is 13.9. The molecule has 5 heteroatoms. The van der Waals surface area contributed by atoms with Crippen molar-refractivity contribution >= 4 is 43.5 Å². The Morgan fingerprint density at radius 1 is 0.864 bits per heavy atom. The molecule has 0 saturated heterocycles. The third kappa shape index (κ3) is 14.0. The van der Waals surface area contributed by atoms with Crippen LogP contribution in [0.5, 0.6) is 0 Å². The fourth-order valence-corrected chi connectivity index (χ4v) is 2.57. The van der Waals surface area contributed by atoms with Gasteiger partial charge >= 0.3 is 37.7 Å². The number of carbonyl (C=O) groups excluding carboxylic acids is 1. The standard InChI is InChI=1S/C17H33NO3.Ca.2H/c1-3-5-7-9-10-11-12-14-16(18(20)21)17(19)15-13-8-6-4-2;;;/h16H,3-15H2,1-2H3;;;. The summed E-state index contributed by atoms with van der Waals surface area (Å²) < 4.78 is 0. The van der Waals surface area contributed by atoms with Gasteiger partial charge in [-0.2, -0.15) is 0 Å². The third-order valence-electron chi connectivity index (χ3n) is 3.98. The summed E-state index contributed by atoms with van der Waals surface area (Å²) in [7, 11) is 0. The number of unbranched alkanes of at least 4 members (excludes halogenated alkanes) is 9. The molecule has 0 spiro atoms. The van der Waals surface area contributed by atoms with Crippen LogP contribution in [0.3, 0.4) is 0 Å². The Labute approximate surface area is 166 Å². The van der Waals surface area contributed by atoms with Crippen molar-refractivity contribution in [3.63, 3.8) is 0 Å². The number of rotatable bonds is 15. The van der Waals surface area contributed by atoms with Gasteiger partial charge in [0.1, 0.15) is 0 Å². The summed E-state index contributed by atoms with van der Waals surface area (Å²) in [6, 6.07) is -0.956. The van der Waals surface area contributed by atoms with E-state index < -0.39 is 6.04 Å². The van der Waals surface area contributed by atoms with Crippen LogP contribution in [-0.4, -0.2) is 54.5 Å². The Morgan fingerprint density at radius 2 is 1.32 bits per heavy atom. The average molecular weight is 342 g/mol. The first kappa shape index (κ1) is 24.6. The summed E-state index contributed by atoms with van der Waals surface area (Å²) in [6.45, 7) is 4.30. The Bertz CT molecular complexity index is 285. The first-order valence-corrected chi connectivity index (χ1v) is 8.79. The van der Waals surface area contributed by atoms with E-state index in [0.717, 1.165) is 44.9 Å². The quantitative estimate of drug-likeness (QED) is 0.192. The second-order valence-corrected chi connectivity index (χ2v) is 5.99. The fourth-order valence-electron chi connectivity index (χ4n) is 2.57. The van der Waals surface area contributed by atoms with E-state index in [4.69, 9.17) is 0 Å². The van der Waals surface area contributed by atoms with Gasteiger partial charge in [-0.3, -0.25) is 14.9 Å². The van der Waals surface area contributed by atoms with E-state index in [1.54, 1.807) is 0 Å². The van der Waals surface area contributed by atoms with Gasteiger partial charge in [-0.15, -0.1) is 0 Å². The monoisotopic (exact) mass is 341 g/mol. The molecule has 0 heterocycles. The zero-order chi connectivity index (χ0) is 15.9. The normalized spacial score (nSPS) is 11.7. The van der Waals surface area contributed by atoms with Crippen LogP contribution in [0, 0.1) is 10.1 Å². The van der Waals surface area contributed by atoms with Crippen molar-refractivity contribution in [2.24, 2.45) is 0 Å². The molecule has 22 heavy (non-hydrogen) atoms. The van der Waals surface area contributed by atoms with Crippen LogP contribution in [-0.2, 0) is 4.79 Å². The van der Waals surface area contributed by atoms with E-state index >= 15 is 0 Å². The molecule has 0 aromatic heterocycles. The van der Waals surface area contributed by atoms with Gasteiger partial charge in [0.15, 0.2) is 0 Å². The Balaban J connectivity index is 0. The Morgan fingerprint density at radius 3 is 1.82 bits per heavy atom. The molecule has 0 rings (SSSR count). The predicted molar refractivity (Wildman–Crippen MR) is 95.7 cm³/mol. The van der Waals surface area contributed by atoms with Gasteiger partial charge in [-0.25, -0.2) is 0 Å². The van der Waals surface area contributed by atoms with Crippen LogP contribution in [0.1, 0.15) is 97.3 Å². The topological polar surface area (TPSA) is 60.2 Å². The van der Waals surface area contributed by atoms with Crippen molar-refractivity contribution < 1.29 is 9.72 Å². The van der Waals surface area contributed by atoms with Gasteiger partial charge in [-0.05, 0) is 12.8 Å². The molecule has 0 amide bonds. The number of nitro groups is 1. The van der Waals surface area contributed by atoms with E-state index in [-0.39, 0.29) is 48.4 Å². The average Bonchev–Trinajstić information content (AvgIpc) is 2.46. The minimum absolute atomic E-state index is 0. The molecule has 1 atom stereocenters. The number of ketones is 1. The second kappa shape index (κ2) is 17.7. The van der Waals surface area contributed by atoms with Crippen LogP contribution >= 0.6 is 0 Å². The Hall–Kier alpha value is 0.330. The molecule has 0 aromatic carbocycles. The number of hydrogen-bond donors (Lipinski definition) is 0. The van der Waals surface area contributed by atoms with Crippen molar-refractivity contribution in [1.29, 1.82) is 0 Å². The van der Waals surface area contributed by atoms with Crippen LogP contribution < -0.4 is 0 Å². The van der Waals surface area contributed by atoms with E-state index in [9.17, 15) is 14.9 Å². The first-order valence-electron chi connectivity index (χ1n) is 8.79. The van der Waals surface area contributed by atoms with Crippen LogP contribution in [0.2, 0.25) is 0 Å². The van der Waals surface area contributed by atoms with Crippen LogP contribution in [0.15, 0.2) is 0 Å². The Kier molecular flexibility index (Phi) is 19.8. The molecule has 128 valence electrons. The summed E-state index contributed by atoms with van der Waals surface area (Å²) in [5, 5.41) is 11.0. The number of Topliss-reactive ketones (excluding diaryl/α,β-unsaturated/α-hetero) is 1. The van der Waals surface area contributed by atoms with E-state index in [1.807, 2.05) is 0 Å². The first-order chi connectivity index (χ1) is 10.1. The van der Waals surface area contributed by atoms with Crippen molar-refractivity contribution in [3.05, 3.63) is 10.1 Å². The summed E-state index contributed by atoms with van der Waals surface area (Å²) >= 11 is 0. The summed E-state index contributed by atoms with van der Waals surface area (Å²) in [5.74, 6) is -0.165. The number of hydrogen-bond acceptors (Lipinski definition) is 3. The molecule has 0 N–H and O–H groups in total. The van der Waals surface area contributed by atoms with Crippen LogP contribution in [0.4, 0.5) is 0 Å². The molecule has 0 aliphatic carbocycles. The van der Waals surface area contributed by atoms with E-state index in [2.05, 4.69) is 13.8 Å². The number of carbonyl (C=O) groups is 1. The SMILES string of the molecule is CCCCCCCCCC(C(=O)CCCCCC)[N+](=O)[O-].[CaH2]. The van der Waals surface area contributed by atoms with Gasteiger partial charge in [-0.1, -0.05) is 71.6 Å². The minimum atomic E-state index is -0.956. The van der Waals surface area contributed by atoms with Crippen molar-refractivity contribution in [2.75, 3.05) is 0 Å². The molecule has 0 aliphatic heterocycles. The van der Waals surface area contributed by atoms with Crippen LogP contribution in [0.25, 0.3) is 0 Å². The van der Waals surface area contributed by atoms with Crippen molar-refractivity contribution in [1.82, 2.24) is 0 Å². The molecule has 0 saturated carbocycles. The van der Waals surface area contributed by atoms with Gasteiger partial charge < -0.3 is 0 Å². The maximum atomic E-state index is 11.9. The summed E-state index contributed by atoms with van der Waals surface area (Å²) in [4.78, 5) is 22.6. The van der Waals surface area contributed by atoms with Gasteiger partial charge in [0.25, 0.3) is 6.04 Å². The van der Waals surface area contributed by atoms with Gasteiger partial charge in [0.2, 0.25) is 5.78 Å². The molecule has 1 unspecified atom stereocenters.